The van der Waals surface area contributed by atoms with Crippen LogP contribution in [0.1, 0.15) is 11.6 Å². The Hall–Kier alpha value is -1.31. The standard InChI is InChI=1S/C12H13N3O2S2/c1-13-9(5-18-12-15-14-6-19-12)8-2-3-10-11(4-8)17-7-16-10/h2-4,6,9,13H,5,7H2,1H3. The third-order valence-corrected chi connectivity index (χ3v) is 4.81. The van der Waals surface area contributed by atoms with Crippen molar-refractivity contribution >= 4 is 23.1 Å². The minimum absolute atomic E-state index is 0.239. The number of ether oxygens (including phenoxy) is 2. The van der Waals surface area contributed by atoms with Gasteiger partial charge in [-0.15, -0.1) is 10.2 Å². The van der Waals surface area contributed by atoms with Gasteiger partial charge in [0, 0.05) is 11.8 Å². The highest BCUT2D eigenvalue weighted by Gasteiger charge is 2.17. The summed E-state index contributed by atoms with van der Waals surface area (Å²) in [5, 5.41) is 11.2. The van der Waals surface area contributed by atoms with E-state index < -0.39 is 0 Å². The van der Waals surface area contributed by atoms with Crippen LogP contribution in [0.25, 0.3) is 0 Å². The lowest BCUT2D eigenvalue weighted by Crippen LogP contribution is -2.18. The summed E-state index contributed by atoms with van der Waals surface area (Å²) in [5.74, 6) is 2.53. The van der Waals surface area contributed by atoms with Crippen LogP contribution in [0.4, 0.5) is 0 Å². The van der Waals surface area contributed by atoms with Crippen LogP contribution >= 0.6 is 23.1 Å². The molecule has 0 aliphatic carbocycles. The zero-order valence-corrected chi connectivity index (χ0v) is 12.0. The highest BCUT2D eigenvalue weighted by molar-refractivity contribution is 8.01. The number of nitrogens with one attached hydrogen (secondary N) is 1. The van der Waals surface area contributed by atoms with Gasteiger partial charge in [-0.25, -0.2) is 0 Å². The van der Waals surface area contributed by atoms with Crippen LogP contribution < -0.4 is 14.8 Å². The molecule has 1 N–H and O–H groups in total. The molecule has 0 saturated heterocycles. The van der Waals surface area contributed by atoms with E-state index in [-0.39, 0.29) is 6.04 Å². The second-order valence-electron chi connectivity index (χ2n) is 3.97. The number of thioether (sulfide) groups is 1. The van der Waals surface area contributed by atoms with Crippen LogP contribution in [-0.4, -0.2) is 29.8 Å². The molecule has 19 heavy (non-hydrogen) atoms. The van der Waals surface area contributed by atoms with E-state index in [0.29, 0.717) is 6.79 Å². The predicted molar refractivity (Wildman–Crippen MR) is 75.0 cm³/mol. The van der Waals surface area contributed by atoms with Gasteiger partial charge in [0.05, 0.1) is 0 Å². The Kier molecular flexibility index (Phi) is 3.86. The minimum Gasteiger partial charge on any atom is -0.454 e. The van der Waals surface area contributed by atoms with E-state index in [0.717, 1.165) is 21.6 Å². The first-order chi connectivity index (χ1) is 9.36. The van der Waals surface area contributed by atoms with Crippen molar-refractivity contribution in [2.24, 2.45) is 0 Å². The summed E-state index contributed by atoms with van der Waals surface area (Å²) in [4.78, 5) is 0. The molecular weight excluding hydrogens is 282 g/mol. The molecule has 1 aromatic heterocycles. The van der Waals surface area contributed by atoms with Crippen molar-refractivity contribution in [3.05, 3.63) is 29.3 Å². The van der Waals surface area contributed by atoms with Gasteiger partial charge in [-0.05, 0) is 24.7 Å². The summed E-state index contributed by atoms with van der Waals surface area (Å²) in [6, 6.07) is 6.29. The van der Waals surface area contributed by atoms with Crippen LogP contribution in [0, 0.1) is 0 Å². The average Bonchev–Trinajstić information content (AvgIpc) is 3.09. The molecule has 0 fully saturated rings. The van der Waals surface area contributed by atoms with Gasteiger partial charge in [-0.1, -0.05) is 29.2 Å². The maximum Gasteiger partial charge on any atom is 0.231 e. The molecule has 100 valence electrons. The second-order valence-corrected chi connectivity index (χ2v) is 6.07. The minimum atomic E-state index is 0.239. The SMILES string of the molecule is CNC(CSc1nncs1)c1ccc2c(c1)OCO2. The Labute approximate surface area is 119 Å². The Balaban J connectivity index is 1.71. The normalized spacial score (nSPS) is 14.6. The fourth-order valence-electron chi connectivity index (χ4n) is 1.86. The molecule has 2 aromatic rings. The zero-order chi connectivity index (χ0) is 13.1. The lowest BCUT2D eigenvalue weighted by molar-refractivity contribution is 0.174. The fourth-order valence-corrected chi connectivity index (χ4v) is 3.51. The molecule has 0 radical (unpaired) electrons. The molecule has 0 spiro atoms. The summed E-state index contributed by atoms with van der Waals surface area (Å²) in [6.07, 6.45) is 0. The molecule has 1 aliphatic heterocycles. The molecule has 0 amide bonds. The Bertz CT molecular complexity index is 548. The smallest absolute Gasteiger partial charge is 0.231 e. The average molecular weight is 295 g/mol. The molecule has 1 unspecified atom stereocenters. The van der Waals surface area contributed by atoms with E-state index in [4.69, 9.17) is 9.47 Å². The number of rotatable bonds is 5. The van der Waals surface area contributed by atoms with Crippen molar-refractivity contribution < 1.29 is 9.47 Å². The fraction of sp³-hybridized carbons (Fsp3) is 0.333. The van der Waals surface area contributed by atoms with E-state index in [9.17, 15) is 0 Å². The van der Waals surface area contributed by atoms with Gasteiger partial charge in [0.25, 0.3) is 0 Å². The molecule has 3 rings (SSSR count). The molecule has 0 saturated carbocycles. The third kappa shape index (κ3) is 2.83. The molecular formula is C12H13N3O2S2. The Morgan fingerprint density at radius 3 is 3.11 bits per heavy atom. The molecule has 1 atom stereocenters. The predicted octanol–water partition coefficient (Wildman–Crippen LogP) is 2.32. The molecule has 7 heteroatoms. The van der Waals surface area contributed by atoms with Crippen molar-refractivity contribution in [1.29, 1.82) is 0 Å². The quantitative estimate of drug-likeness (QED) is 0.854. The van der Waals surface area contributed by atoms with Crippen molar-refractivity contribution in [3.8, 4) is 11.5 Å². The van der Waals surface area contributed by atoms with Gasteiger partial charge < -0.3 is 14.8 Å². The van der Waals surface area contributed by atoms with Gasteiger partial charge >= 0.3 is 0 Å². The summed E-state index contributed by atoms with van der Waals surface area (Å²) in [6.45, 7) is 0.308. The summed E-state index contributed by atoms with van der Waals surface area (Å²) < 4.78 is 11.7. The summed E-state index contributed by atoms with van der Waals surface area (Å²) in [7, 11) is 1.95. The highest BCUT2D eigenvalue weighted by atomic mass is 32.2. The monoisotopic (exact) mass is 295 g/mol. The van der Waals surface area contributed by atoms with Crippen molar-refractivity contribution in [2.45, 2.75) is 10.4 Å². The van der Waals surface area contributed by atoms with E-state index >= 15 is 0 Å². The molecule has 1 aliphatic rings. The van der Waals surface area contributed by atoms with Gasteiger partial charge in [0.2, 0.25) is 6.79 Å². The van der Waals surface area contributed by atoms with E-state index in [1.54, 1.807) is 28.6 Å². The first-order valence-corrected chi connectivity index (χ1v) is 7.69. The number of fused-ring (bicyclic) bond motifs is 1. The Morgan fingerprint density at radius 1 is 1.42 bits per heavy atom. The topological polar surface area (TPSA) is 56.3 Å². The maximum absolute atomic E-state index is 5.41. The third-order valence-electron chi connectivity index (χ3n) is 2.86. The molecule has 1 aromatic carbocycles. The van der Waals surface area contributed by atoms with Gasteiger partial charge in [0.1, 0.15) is 5.51 Å². The number of aromatic nitrogens is 2. The number of benzene rings is 1. The summed E-state index contributed by atoms with van der Waals surface area (Å²) in [5.41, 5.74) is 2.93. The van der Waals surface area contributed by atoms with Gasteiger partial charge in [-0.2, -0.15) is 0 Å². The van der Waals surface area contributed by atoms with Crippen LogP contribution in [0.2, 0.25) is 0 Å². The molecule has 0 bridgehead atoms. The van der Waals surface area contributed by atoms with Crippen LogP contribution in [0.5, 0.6) is 11.5 Å². The van der Waals surface area contributed by atoms with Crippen molar-refractivity contribution in [3.63, 3.8) is 0 Å². The first kappa shape index (κ1) is 12.7. The van der Waals surface area contributed by atoms with Crippen molar-refractivity contribution in [2.75, 3.05) is 19.6 Å². The largest absolute Gasteiger partial charge is 0.454 e. The van der Waals surface area contributed by atoms with Gasteiger partial charge in [0.15, 0.2) is 15.8 Å². The molecule has 5 nitrogen and oxygen atoms in total. The van der Waals surface area contributed by atoms with Crippen LogP contribution in [0.3, 0.4) is 0 Å². The van der Waals surface area contributed by atoms with E-state index in [2.05, 4.69) is 21.6 Å². The lowest BCUT2D eigenvalue weighted by Gasteiger charge is -2.15. The lowest BCUT2D eigenvalue weighted by atomic mass is 10.1. The first-order valence-electron chi connectivity index (χ1n) is 5.82. The Morgan fingerprint density at radius 2 is 2.32 bits per heavy atom. The van der Waals surface area contributed by atoms with E-state index in [1.807, 2.05) is 19.2 Å². The number of hydrogen-bond acceptors (Lipinski definition) is 7. The maximum atomic E-state index is 5.41. The van der Waals surface area contributed by atoms with Crippen molar-refractivity contribution in [1.82, 2.24) is 15.5 Å². The number of hydrogen-bond donors (Lipinski definition) is 1. The van der Waals surface area contributed by atoms with Gasteiger partial charge in [-0.3, -0.25) is 0 Å². The highest BCUT2D eigenvalue weighted by Crippen LogP contribution is 2.35. The van der Waals surface area contributed by atoms with Crippen LogP contribution in [0.15, 0.2) is 28.0 Å². The second kappa shape index (κ2) is 5.77. The molecule has 2 heterocycles. The summed E-state index contributed by atoms with van der Waals surface area (Å²) >= 11 is 3.26. The number of nitrogens with zero attached hydrogens (tertiary/aromatic N) is 2. The van der Waals surface area contributed by atoms with Crippen LogP contribution in [-0.2, 0) is 0 Å². The van der Waals surface area contributed by atoms with E-state index in [1.165, 1.54) is 5.56 Å². The zero-order valence-electron chi connectivity index (χ0n) is 10.3.